The lowest BCUT2D eigenvalue weighted by Crippen LogP contribution is -2.52. The van der Waals surface area contributed by atoms with Crippen molar-refractivity contribution >= 4 is 5.91 Å². The standard InChI is InChI=1S/C8H15NO3/c1-5(10)9-8-6(11)3-2-4-7(8)12/h6-8,11-12H,2-4H2,1H3,(H,9,10). The first kappa shape index (κ1) is 9.48. The molecule has 4 heteroatoms. The van der Waals surface area contributed by atoms with E-state index in [-0.39, 0.29) is 5.91 Å². The maximum absolute atomic E-state index is 10.7. The first-order valence-corrected chi connectivity index (χ1v) is 4.24. The third kappa shape index (κ3) is 2.19. The van der Waals surface area contributed by atoms with Crippen LogP contribution in [0.4, 0.5) is 0 Å². The zero-order chi connectivity index (χ0) is 9.14. The van der Waals surface area contributed by atoms with E-state index in [1.165, 1.54) is 6.92 Å². The molecule has 1 rings (SSSR count). The molecule has 0 heterocycles. The van der Waals surface area contributed by atoms with E-state index in [1.807, 2.05) is 0 Å². The first-order chi connectivity index (χ1) is 5.61. The van der Waals surface area contributed by atoms with Crippen LogP contribution in [0, 0.1) is 0 Å². The fourth-order valence-electron chi connectivity index (χ4n) is 1.58. The van der Waals surface area contributed by atoms with Gasteiger partial charge in [-0.1, -0.05) is 0 Å². The van der Waals surface area contributed by atoms with Crippen molar-refractivity contribution in [1.29, 1.82) is 0 Å². The topological polar surface area (TPSA) is 69.6 Å². The maximum Gasteiger partial charge on any atom is 0.217 e. The van der Waals surface area contributed by atoms with E-state index in [0.717, 1.165) is 6.42 Å². The second-order valence-electron chi connectivity index (χ2n) is 3.29. The van der Waals surface area contributed by atoms with Gasteiger partial charge in [-0.3, -0.25) is 4.79 Å². The monoisotopic (exact) mass is 173 g/mol. The van der Waals surface area contributed by atoms with Crippen molar-refractivity contribution < 1.29 is 15.0 Å². The minimum Gasteiger partial charge on any atom is -0.391 e. The van der Waals surface area contributed by atoms with Gasteiger partial charge in [0.05, 0.1) is 18.2 Å². The van der Waals surface area contributed by atoms with Crippen molar-refractivity contribution in [3.63, 3.8) is 0 Å². The molecule has 1 aliphatic rings. The fourth-order valence-corrected chi connectivity index (χ4v) is 1.58. The third-order valence-corrected chi connectivity index (χ3v) is 2.20. The summed E-state index contributed by atoms with van der Waals surface area (Å²) in [5.41, 5.74) is 0. The fraction of sp³-hybridized carbons (Fsp3) is 0.875. The molecule has 12 heavy (non-hydrogen) atoms. The second-order valence-corrected chi connectivity index (χ2v) is 3.29. The molecule has 2 unspecified atom stereocenters. The van der Waals surface area contributed by atoms with Crippen LogP contribution >= 0.6 is 0 Å². The summed E-state index contributed by atoms with van der Waals surface area (Å²) >= 11 is 0. The molecule has 1 amide bonds. The van der Waals surface area contributed by atoms with E-state index in [1.54, 1.807) is 0 Å². The van der Waals surface area contributed by atoms with Gasteiger partial charge in [-0.05, 0) is 19.3 Å². The van der Waals surface area contributed by atoms with E-state index in [2.05, 4.69) is 5.32 Å². The molecule has 0 saturated heterocycles. The van der Waals surface area contributed by atoms with Crippen molar-refractivity contribution in [3.05, 3.63) is 0 Å². The summed E-state index contributed by atoms with van der Waals surface area (Å²) in [7, 11) is 0. The van der Waals surface area contributed by atoms with E-state index in [0.29, 0.717) is 12.8 Å². The van der Waals surface area contributed by atoms with Gasteiger partial charge in [0.1, 0.15) is 0 Å². The number of aliphatic hydroxyl groups excluding tert-OH is 2. The minimum atomic E-state index is -0.599. The zero-order valence-electron chi connectivity index (χ0n) is 7.16. The van der Waals surface area contributed by atoms with Crippen molar-refractivity contribution in [2.75, 3.05) is 0 Å². The minimum absolute atomic E-state index is 0.208. The number of hydrogen-bond acceptors (Lipinski definition) is 3. The average molecular weight is 173 g/mol. The molecule has 1 aliphatic carbocycles. The smallest absolute Gasteiger partial charge is 0.217 e. The Morgan fingerprint density at radius 1 is 1.33 bits per heavy atom. The van der Waals surface area contributed by atoms with Gasteiger partial charge in [-0.2, -0.15) is 0 Å². The molecule has 3 N–H and O–H groups in total. The van der Waals surface area contributed by atoms with Crippen LogP contribution < -0.4 is 5.32 Å². The molecule has 0 aromatic carbocycles. The normalized spacial score (nSPS) is 36.1. The molecule has 2 atom stereocenters. The predicted molar refractivity (Wildman–Crippen MR) is 43.5 cm³/mol. The summed E-state index contributed by atoms with van der Waals surface area (Å²) in [6.45, 7) is 1.38. The maximum atomic E-state index is 10.7. The van der Waals surface area contributed by atoms with Crippen LogP contribution in [0.25, 0.3) is 0 Å². The average Bonchev–Trinajstić information content (AvgIpc) is 1.97. The third-order valence-electron chi connectivity index (χ3n) is 2.20. The van der Waals surface area contributed by atoms with Gasteiger partial charge in [-0.15, -0.1) is 0 Å². The molecule has 0 aromatic rings. The Bertz CT molecular complexity index is 162. The molecule has 0 aliphatic heterocycles. The van der Waals surface area contributed by atoms with E-state index in [4.69, 9.17) is 0 Å². The molecule has 0 radical (unpaired) electrons. The number of nitrogens with one attached hydrogen (secondary N) is 1. The van der Waals surface area contributed by atoms with Crippen LogP contribution in [0.1, 0.15) is 26.2 Å². The Kier molecular flexibility index (Phi) is 3.05. The summed E-state index contributed by atoms with van der Waals surface area (Å²) < 4.78 is 0. The Labute approximate surface area is 71.6 Å². The molecule has 70 valence electrons. The Morgan fingerprint density at radius 3 is 2.25 bits per heavy atom. The summed E-state index contributed by atoms with van der Waals surface area (Å²) in [6.07, 6.45) is 0.929. The number of hydrogen-bond donors (Lipinski definition) is 3. The lowest BCUT2D eigenvalue weighted by molar-refractivity contribution is -0.122. The highest BCUT2D eigenvalue weighted by molar-refractivity contribution is 5.73. The number of rotatable bonds is 1. The van der Waals surface area contributed by atoms with E-state index < -0.39 is 18.2 Å². The van der Waals surface area contributed by atoms with Crippen LogP contribution in [0.5, 0.6) is 0 Å². The Hall–Kier alpha value is -0.610. The number of amides is 1. The van der Waals surface area contributed by atoms with Gasteiger partial charge < -0.3 is 15.5 Å². The van der Waals surface area contributed by atoms with Crippen LogP contribution in [0.15, 0.2) is 0 Å². The van der Waals surface area contributed by atoms with Crippen molar-refractivity contribution in [3.8, 4) is 0 Å². The van der Waals surface area contributed by atoms with Gasteiger partial charge in [0, 0.05) is 6.92 Å². The van der Waals surface area contributed by atoms with Gasteiger partial charge in [-0.25, -0.2) is 0 Å². The molecule has 1 saturated carbocycles. The highest BCUT2D eigenvalue weighted by Gasteiger charge is 2.31. The summed E-state index contributed by atoms with van der Waals surface area (Å²) in [4.78, 5) is 10.7. The van der Waals surface area contributed by atoms with Crippen molar-refractivity contribution in [2.45, 2.75) is 44.4 Å². The summed E-state index contributed by atoms with van der Waals surface area (Å²) in [6, 6.07) is -0.476. The number of carbonyl (C=O) groups excluding carboxylic acids is 1. The van der Waals surface area contributed by atoms with Crippen LogP contribution in [-0.2, 0) is 4.79 Å². The van der Waals surface area contributed by atoms with Crippen LogP contribution in [0.3, 0.4) is 0 Å². The van der Waals surface area contributed by atoms with Crippen molar-refractivity contribution in [2.24, 2.45) is 0 Å². The first-order valence-electron chi connectivity index (χ1n) is 4.24. The molecular weight excluding hydrogens is 158 g/mol. The summed E-state index contributed by atoms with van der Waals surface area (Å²) in [5, 5.41) is 21.4. The van der Waals surface area contributed by atoms with Gasteiger partial charge in [0.2, 0.25) is 5.91 Å². The van der Waals surface area contributed by atoms with Gasteiger partial charge >= 0.3 is 0 Å². The molecule has 0 aromatic heterocycles. The lowest BCUT2D eigenvalue weighted by atomic mass is 9.90. The molecule has 4 nitrogen and oxygen atoms in total. The Morgan fingerprint density at radius 2 is 1.83 bits per heavy atom. The van der Waals surface area contributed by atoms with E-state index in [9.17, 15) is 15.0 Å². The van der Waals surface area contributed by atoms with Crippen LogP contribution in [-0.4, -0.2) is 34.4 Å². The molecule has 0 spiro atoms. The largest absolute Gasteiger partial charge is 0.391 e. The highest BCUT2D eigenvalue weighted by atomic mass is 16.3. The predicted octanol–water partition coefficient (Wildman–Crippen LogP) is -0.603. The van der Waals surface area contributed by atoms with Crippen LogP contribution in [0.2, 0.25) is 0 Å². The quantitative estimate of drug-likeness (QED) is 0.496. The highest BCUT2D eigenvalue weighted by Crippen LogP contribution is 2.18. The van der Waals surface area contributed by atoms with Crippen molar-refractivity contribution in [1.82, 2.24) is 5.32 Å². The van der Waals surface area contributed by atoms with E-state index >= 15 is 0 Å². The lowest BCUT2D eigenvalue weighted by Gasteiger charge is -2.32. The SMILES string of the molecule is CC(=O)NC1C(O)CCCC1O. The summed E-state index contributed by atoms with van der Waals surface area (Å²) in [5.74, 6) is -0.208. The van der Waals surface area contributed by atoms with Gasteiger partial charge in [0.25, 0.3) is 0 Å². The number of carbonyl (C=O) groups is 1. The van der Waals surface area contributed by atoms with Gasteiger partial charge in [0.15, 0.2) is 0 Å². The Balaban J connectivity index is 2.50. The number of aliphatic hydroxyl groups is 2. The molecular formula is C8H15NO3. The molecule has 1 fully saturated rings. The zero-order valence-corrected chi connectivity index (χ0v) is 7.16. The second kappa shape index (κ2) is 3.87. The molecule has 0 bridgehead atoms.